The lowest BCUT2D eigenvalue weighted by molar-refractivity contribution is 0.0749. The van der Waals surface area contributed by atoms with Gasteiger partial charge in [0.15, 0.2) is 0 Å². The summed E-state index contributed by atoms with van der Waals surface area (Å²) < 4.78 is 0. The van der Waals surface area contributed by atoms with Crippen LogP contribution in [0.25, 0.3) is 0 Å². The van der Waals surface area contributed by atoms with Crippen LogP contribution < -0.4 is 0 Å². The maximum atomic E-state index is 13.1. The second kappa shape index (κ2) is 22.5. The third-order valence-electron chi connectivity index (χ3n) is 6.87. The number of rotatable bonds is 23. The third-order valence-corrected chi connectivity index (χ3v) is 6.87. The Hall–Kier alpha value is -1.31. The van der Waals surface area contributed by atoms with Crippen molar-refractivity contribution in [3.63, 3.8) is 0 Å². The number of carbonyl (C=O) groups is 1. The molecule has 0 saturated heterocycles. The van der Waals surface area contributed by atoms with E-state index in [0.29, 0.717) is 0 Å². The van der Waals surface area contributed by atoms with Crippen LogP contribution >= 0.6 is 0 Å². The summed E-state index contributed by atoms with van der Waals surface area (Å²) in [5.41, 5.74) is 0.844. The normalized spacial score (nSPS) is 11.1. The molecule has 0 heterocycles. The van der Waals surface area contributed by atoms with Crippen molar-refractivity contribution in [2.24, 2.45) is 0 Å². The average molecular weight is 458 g/mol. The second-order valence-corrected chi connectivity index (χ2v) is 10.0. The molecule has 2 heteroatoms. The van der Waals surface area contributed by atoms with Gasteiger partial charge in [-0.05, 0) is 25.0 Å². The summed E-state index contributed by atoms with van der Waals surface area (Å²) in [6, 6.07) is 9.88. The molecule has 33 heavy (non-hydrogen) atoms. The molecular weight excluding hydrogens is 402 g/mol. The van der Waals surface area contributed by atoms with E-state index in [0.717, 1.165) is 31.5 Å². The summed E-state index contributed by atoms with van der Waals surface area (Å²) >= 11 is 0. The van der Waals surface area contributed by atoms with Crippen LogP contribution in [0.4, 0.5) is 0 Å². The SMILES string of the molecule is CCCCCCCCCCCCN(CCCCCCCCCCCC)C(=O)c1ccccc1. The van der Waals surface area contributed by atoms with Crippen LogP contribution in [0.3, 0.4) is 0 Å². The first kappa shape index (κ1) is 29.7. The highest BCUT2D eigenvalue weighted by Crippen LogP contribution is 2.14. The van der Waals surface area contributed by atoms with E-state index >= 15 is 0 Å². The van der Waals surface area contributed by atoms with Crippen molar-refractivity contribution in [2.45, 2.75) is 142 Å². The Morgan fingerprint density at radius 1 is 0.515 bits per heavy atom. The van der Waals surface area contributed by atoms with E-state index in [-0.39, 0.29) is 5.91 Å². The molecule has 0 aliphatic rings. The minimum atomic E-state index is 0.224. The molecule has 1 amide bonds. The summed E-state index contributed by atoms with van der Waals surface area (Å²) in [7, 11) is 0. The number of hydrogen-bond acceptors (Lipinski definition) is 1. The molecule has 0 radical (unpaired) electrons. The van der Waals surface area contributed by atoms with Gasteiger partial charge in [0, 0.05) is 18.7 Å². The van der Waals surface area contributed by atoms with Crippen LogP contribution in [-0.2, 0) is 0 Å². The summed E-state index contributed by atoms with van der Waals surface area (Å²) in [4.78, 5) is 15.2. The Bertz CT molecular complexity index is 517. The van der Waals surface area contributed by atoms with Crippen LogP contribution in [0.5, 0.6) is 0 Å². The fraction of sp³-hybridized carbons (Fsp3) is 0.774. The molecule has 0 atom stereocenters. The molecule has 0 aliphatic carbocycles. The Kier molecular flexibility index (Phi) is 20.2. The molecule has 2 nitrogen and oxygen atoms in total. The molecule has 1 aromatic carbocycles. The summed E-state index contributed by atoms with van der Waals surface area (Å²) in [6.07, 6.45) is 26.8. The maximum absolute atomic E-state index is 13.1. The van der Waals surface area contributed by atoms with Crippen molar-refractivity contribution in [3.05, 3.63) is 35.9 Å². The molecule has 0 bridgehead atoms. The van der Waals surface area contributed by atoms with Gasteiger partial charge in [0.1, 0.15) is 0 Å². The van der Waals surface area contributed by atoms with Crippen LogP contribution in [-0.4, -0.2) is 23.9 Å². The van der Waals surface area contributed by atoms with E-state index in [4.69, 9.17) is 0 Å². The Balaban J connectivity index is 2.21. The first-order valence-corrected chi connectivity index (χ1v) is 14.6. The molecule has 0 N–H and O–H groups in total. The van der Waals surface area contributed by atoms with Gasteiger partial charge in [-0.1, -0.05) is 148 Å². The lowest BCUT2D eigenvalue weighted by Crippen LogP contribution is -2.33. The minimum Gasteiger partial charge on any atom is -0.339 e. The van der Waals surface area contributed by atoms with E-state index in [1.807, 2.05) is 30.3 Å². The molecule has 1 aromatic rings. The van der Waals surface area contributed by atoms with Gasteiger partial charge in [-0.15, -0.1) is 0 Å². The quantitative estimate of drug-likeness (QED) is 0.150. The molecule has 0 aromatic heterocycles. The minimum absolute atomic E-state index is 0.224. The average Bonchev–Trinajstić information content (AvgIpc) is 2.85. The molecule has 190 valence electrons. The highest BCUT2D eigenvalue weighted by molar-refractivity contribution is 5.94. The van der Waals surface area contributed by atoms with Crippen LogP contribution in [0, 0.1) is 0 Å². The van der Waals surface area contributed by atoms with Crippen LogP contribution in [0.2, 0.25) is 0 Å². The van der Waals surface area contributed by atoms with Crippen LogP contribution in [0.15, 0.2) is 30.3 Å². The van der Waals surface area contributed by atoms with Gasteiger partial charge in [0.2, 0.25) is 0 Å². The molecule has 1 rings (SSSR count). The van der Waals surface area contributed by atoms with Crippen molar-refractivity contribution in [1.29, 1.82) is 0 Å². The van der Waals surface area contributed by atoms with Gasteiger partial charge in [-0.3, -0.25) is 4.79 Å². The van der Waals surface area contributed by atoms with Gasteiger partial charge in [0.25, 0.3) is 5.91 Å². The summed E-state index contributed by atoms with van der Waals surface area (Å²) in [5, 5.41) is 0. The molecule has 0 fully saturated rings. The van der Waals surface area contributed by atoms with Gasteiger partial charge >= 0.3 is 0 Å². The lowest BCUT2D eigenvalue weighted by atomic mass is 10.1. The molecule has 0 spiro atoms. The largest absolute Gasteiger partial charge is 0.339 e. The second-order valence-electron chi connectivity index (χ2n) is 10.0. The fourth-order valence-electron chi connectivity index (χ4n) is 4.66. The number of hydrogen-bond donors (Lipinski definition) is 0. The molecular formula is C31H55NO. The maximum Gasteiger partial charge on any atom is 0.253 e. The van der Waals surface area contributed by atoms with E-state index < -0.39 is 0 Å². The van der Waals surface area contributed by atoms with E-state index in [2.05, 4.69) is 18.7 Å². The highest BCUT2D eigenvalue weighted by Gasteiger charge is 2.14. The van der Waals surface area contributed by atoms with Crippen molar-refractivity contribution < 1.29 is 4.79 Å². The molecule has 0 unspecified atom stereocenters. The summed E-state index contributed by atoms with van der Waals surface area (Å²) in [5.74, 6) is 0.224. The molecule has 0 aliphatic heterocycles. The van der Waals surface area contributed by atoms with Crippen molar-refractivity contribution in [3.8, 4) is 0 Å². The van der Waals surface area contributed by atoms with Gasteiger partial charge in [-0.25, -0.2) is 0 Å². The first-order valence-electron chi connectivity index (χ1n) is 14.6. The van der Waals surface area contributed by atoms with Crippen molar-refractivity contribution in [1.82, 2.24) is 4.90 Å². The van der Waals surface area contributed by atoms with Gasteiger partial charge in [-0.2, -0.15) is 0 Å². The fourth-order valence-corrected chi connectivity index (χ4v) is 4.66. The zero-order valence-electron chi connectivity index (χ0n) is 22.3. The number of nitrogens with zero attached hydrogens (tertiary/aromatic N) is 1. The predicted octanol–water partition coefficient (Wildman–Crippen LogP) is 9.97. The van der Waals surface area contributed by atoms with Crippen molar-refractivity contribution in [2.75, 3.05) is 13.1 Å². The summed E-state index contributed by atoms with van der Waals surface area (Å²) in [6.45, 7) is 6.40. The number of benzene rings is 1. The van der Waals surface area contributed by atoms with Crippen molar-refractivity contribution >= 4 is 5.91 Å². The highest BCUT2D eigenvalue weighted by atomic mass is 16.2. The van der Waals surface area contributed by atoms with E-state index in [1.54, 1.807) is 0 Å². The van der Waals surface area contributed by atoms with Crippen LogP contribution in [0.1, 0.15) is 153 Å². The number of amides is 1. The number of unbranched alkanes of at least 4 members (excludes halogenated alkanes) is 18. The van der Waals surface area contributed by atoms with Gasteiger partial charge in [0.05, 0.1) is 0 Å². The zero-order valence-corrected chi connectivity index (χ0v) is 22.3. The lowest BCUT2D eigenvalue weighted by Gasteiger charge is -2.23. The first-order chi connectivity index (χ1) is 16.3. The molecule has 0 saturated carbocycles. The zero-order chi connectivity index (χ0) is 23.8. The Morgan fingerprint density at radius 3 is 1.21 bits per heavy atom. The Morgan fingerprint density at radius 2 is 0.848 bits per heavy atom. The van der Waals surface area contributed by atoms with E-state index in [9.17, 15) is 4.79 Å². The standard InChI is InChI=1S/C31H55NO/c1-3-5-7-9-11-13-15-17-19-24-28-32(31(33)30-26-22-21-23-27-30)29-25-20-18-16-14-12-10-8-6-4-2/h21-23,26-27H,3-20,24-25,28-29H2,1-2H3. The number of carbonyl (C=O) groups excluding carboxylic acids is 1. The van der Waals surface area contributed by atoms with Gasteiger partial charge < -0.3 is 4.90 Å². The smallest absolute Gasteiger partial charge is 0.253 e. The van der Waals surface area contributed by atoms with E-state index in [1.165, 1.54) is 116 Å². The third kappa shape index (κ3) is 16.9. The monoisotopic (exact) mass is 457 g/mol. The predicted molar refractivity (Wildman–Crippen MR) is 146 cm³/mol. The topological polar surface area (TPSA) is 20.3 Å². The Labute approximate surface area is 206 Å².